The van der Waals surface area contributed by atoms with Crippen LogP contribution in [-0.2, 0) is 6.42 Å². The highest BCUT2D eigenvalue weighted by atomic mass is 35.5. The van der Waals surface area contributed by atoms with Crippen LogP contribution in [0.5, 0.6) is 11.5 Å². The zero-order valence-corrected chi connectivity index (χ0v) is 10.7. The Morgan fingerprint density at radius 1 is 1.31 bits per heavy atom. The summed E-state index contributed by atoms with van der Waals surface area (Å²) in [7, 11) is 3.26. The Balaban J connectivity index is 3.20. The molecule has 1 aromatic rings. The van der Waals surface area contributed by atoms with E-state index in [4.69, 9.17) is 26.8 Å². The molecule has 0 aliphatic rings. The third-order valence-electron chi connectivity index (χ3n) is 2.52. The van der Waals surface area contributed by atoms with Gasteiger partial charge < -0.3 is 15.2 Å². The van der Waals surface area contributed by atoms with E-state index in [9.17, 15) is 0 Å². The predicted octanol–water partition coefficient (Wildman–Crippen LogP) is 2.56. The Hall–Kier alpha value is -0.930. The average Bonchev–Trinajstić information content (AvgIpc) is 2.28. The summed E-state index contributed by atoms with van der Waals surface area (Å²) >= 11 is 6.29. The van der Waals surface area contributed by atoms with Crippen LogP contribution in [0.2, 0.25) is 5.02 Å². The molecule has 0 aromatic heterocycles. The van der Waals surface area contributed by atoms with E-state index in [1.54, 1.807) is 14.2 Å². The number of benzene rings is 1. The van der Waals surface area contributed by atoms with E-state index in [1.165, 1.54) is 0 Å². The third-order valence-corrected chi connectivity index (χ3v) is 2.92. The van der Waals surface area contributed by atoms with Crippen molar-refractivity contribution in [1.82, 2.24) is 0 Å². The number of hydrogen-bond acceptors (Lipinski definition) is 3. The van der Waals surface area contributed by atoms with Gasteiger partial charge in [-0.1, -0.05) is 11.6 Å². The summed E-state index contributed by atoms with van der Waals surface area (Å²) in [6.07, 6.45) is 1.68. The predicted molar refractivity (Wildman–Crippen MR) is 66.7 cm³/mol. The van der Waals surface area contributed by atoms with Crippen LogP contribution in [-0.4, -0.2) is 20.8 Å². The van der Waals surface area contributed by atoms with Gasteiger partial charge in [-0.3, -0.25) is 0 Å². The molecule has 0 bridgehead atoms. The van der Waals surface area contributed by atoms with Crippen LogP contribution in [0, 0.1) is 6.92 Å². The van der Waals surface area contributed by atoms with E-state index in [0.717, 1.165) is 35.5 Å². The molecule has 0 aliphatic carbocycles. The lowest BCUT2D eigenvalue weighted by molar-refractivity contribution is 0.396. The van der Waals surface area contributed by atoms with Gasteiger partial charge in [0.15, 0.2) is 0 Å². The second-order valence-corrected chi connectivity index (χ2v) is 3.99. The summed E-state index contributed by atoms with van der Waals surface area (Å²) in [6.45, 7) is 2.58. The molecule has 0 unspecified atom stereocenters. The SMILES string of the molecule is COc1cc(C)c(OC)c(Cl)c1CCCN. The molecule has 0 saturated carbocycles. The van der Waals surface area contributed by atoms with Crippen molar-refractivity contribution in [2.24, 2.45) is 5.73 Å². The number of nitrogens with two attached hydrogens (primary N) is 1. The molecule has 0 heterocycles. The van der Waals surface area contributed by atoms with Gasteiger partial charge in [0.2, 0.25) is 0 Å². The second-order valence-electron chi connectivity index (χ2n) is 3.61. The molecule has 2 N–H and O–H groups in total. The second kappa shape index (κ2) is 5.97. The van der Waals surface area contributed by atoms with Gasteiger partial charge in [-0.05, 0) is 37.9 Å². The zero-order chi connectivity index (χ0) is 12.1. The van der Waals surface area contributed by atoms with Gasteiger partial charge in [0.1, 0.15) is 11.5 Å². The van der Waals surface area contributed by atoms with Crippen molar-refractivity contribution in [2.45, 2.75) is 19.8 Å². The molecule has 0 spiro atoms. The lowest BCUT2D eigenvalue weighted by Crippen LogP contribution is -2.03. The van der Waals surface area contributed by atoms with E-state index in [2.05, 4.69) is 0 Å². The fourth-order valence-corrected chi connectivity index (χ4v) is 2.13. The van der Waals surface area contributed by atoms with E-state index in [-0.39, 0.29) is 0 Å². The van der Waals surface area contributed by atoms with Crippen molar-refractivity contribution in [3.8, 4) is 11.5 Å². The van der Waals surface area contributed by atoms with Gasteiger partial charge >= 0.3 is 0 Å². The summed E-state index contributed by atoms with van der Waals surface area (Å²) in [4.78, 5) is 0. The molecule has 0 radical (unpaired) electrons. The van der Waals surface area contributed by atoms with Crippen LogP contribution >= 0.6 is 11.6 Å². The number of ether oxygens (including phenoxy) is 2. The Morgan fingerprint density at radius 3 is 2.50 bits per heavy atom. The standard InChI is InChI=1S/C12H18ClNO2/c1-8-7-10(15-2)9(5-4-6-14)11(13)12(8)16-3/h7H,4-6,14H2,1-3H3. The minimum atomic E-state index is 0.632. The van der Waals surface area contributed by atoms with E-state index < -0.39 is 0 Å². The van der Waals surface area contributed by atoms with E-state index in [1.807, 2.05) is 13.0 Å². The highest BCUT2D eigenvalue weighted by Gasteiger charge is 2.15. The highest BCUT2D eigenvalue weighted by Crippen LogP contribution is 2.38. The minimum Gasteiger partial charge on any atom is -0.496 e. The molecule has 0 aliphatic heterocycles. The first-order valence-corrected chi connectivity index (χ1v) is 5.63. The number of halogens is 1. The lowest BCUT2D eigenvalue weighted by Gasteiger charge is -2.15. The van der Waals surface area contributed by atoms with Crippen molar-refractivity contribution >= 4 is 11.6 Å². The molecular weight excluding hydrogens is 226 g/mol. The molecule has 0 atom stereocenters. The summed E-state index contributed by atoms with van der Waals surface area (Å²) in [5.41, 5.74) is 7.45. The third kappa shape index (κ3) is 2.60. The largest absolute Gasteiger partial charge is 0.496 e. The Labute approximate surface area is 101 Å². The number of aryl methyl sites for hydroxylation is 1. The molecule has 0 amide bonds. The lowest BCUT2D eigenvalue weighted by atomic mass is 10.0. The highest BCUT2D eigenvalue weighted by molar-refractivity contribution is 6.33. The van der Waals surface area contributed by atoms with Crippen LogP contribution in [0.15, 0.2) is 6.07 Å². The van der Waals surface area contributed by atoms with Gasteiger partial charge in [0.25, 0.3) is 0 Å². The number of hydrogen-bond donors (Lipinski definition) is 1. The maximum Gasteiger partial charge on any atom is 0.140 e. The topological polar surface area (TPSA) is 44.5 Å². The van der Waals surface area contributed by atoms with Gasteiger partial charge in [-0.2, -0.15) is 0 Å². The van der Waals surface area contributed by atoms with Crippen molar-refractivity contribution < 1.29 is 9.47 Å². The van der Waals surface area contributed by atoms with Crippen LogP contribution in [0.1, 0.15) is 17.5 Å². The van der Waals surface area contributed by atoms with Crippen LogP contribution in [0.25, 0.3) is 0 Å². The van der Waals surface area contributed by atoms with Gasteiger partial charge in [0.05, 0.1) is 19.2 Å². The van der Waals surface area contributed by atoms with Crippen molar-refractivity contribution in [3.05, 3.63) is 22.2 Å². The molecule has 16 heavy (non-hydrogen) atoms. The molecule has 90 valence electrons. The van der Waals surface area contributed by atoms with Crippen LogP contribution in [0.3, 0.4) is 0 Å². The summed E-state index contributed by atoms with van der Waals surface area (Å²) in [5.74, 6) is 1.52. The van der Waals surface area contributed by atoms with Crippen molar-refractivity contribution in [1.29, 1.82) is 0 Å². The molecule has 4 heteroatoms. The molecule has 0 fully saturated rings. The average molecular weight is 244 g/mol. The fourth-order valence-electron chi connectivity index (χ4n) is 1.71. The molecule has 3 nitrogen and oxygen atoms in total. The maximum atomic E-state index is 6.29. The Morgan fingerprint density at radius 2 is 2.00 bits per heavy atom. The van der Waals surface area contributed by atoms with E-state index >= 15 is 0 Å². The Kier molecular flexibility index (Phi) is 4.90. The van der Waals surface area contributed by atoms with Gasteiger partial charge in [-0.25, -0.2) is 0 Å². The maximum absolute atomic E-state index is 6.29. The van der Waals surface area contributed by atoms with Gasteiger partial charge in [-0.15, -0.1) is 0 Å². The number of methoxy groups -OCH3 is 2. The van der Waals surface area contributed by atoms with Crippen molar-refractivity contribution in [2.75, 3.05) is 20.8 Å². The van der Waals surface area contributed by atoms with Crippen LogP contribution < -0.4 is 15.2 Å². The van der Waals surface area contributed by atoms with Crippen molar-refractivity contribution in [3.63, 3.8) is 0 Å². The number of rotatable bonds is 5. The Bertz CT molecular complexity index is 367. The molecule has 1 aromatic carbocycles. The molecule has 0 saturated heterocycles. The first-order chi connectivity index (χ1) is 7.65. The smallest absolute Gasteiger partial charge is 0.140 e. The first-order valence-electron chi connectivity index (χ1n) is 5.25. The van der Waals surface area contributed by atoms with Crippen LogP contribution in [0.4, 0.5) is 0 Å². The molecular formula is C12H18ClNO2. The quantitative estimate of drug-likeness (QED) is 0.865. The van der Waals surface area contributed by atoms with E-state index in [0.29, 0.717) is 11.6 Å². The summed E-state index contributed by atoms with van der Waals surface area (Å²) < 4.78 is 10.6. The zero-order valence-electron chi connectivity index (χ0n) is 9.97. The summed E-state index contributed by atoms with van der Waals surface area (Å²) in [6, 6.07) is 1.94. The minimum absolute atomic E-state index is 0.632. The first kappa shape index (κ1) is 13.1. The normalized spacial score (nSPS) is 10.3. The summed E-state index contributed by atoms with van der Waals surface area (Å²) in [5, 5.41) is 0.632. The molecule has 1 rings (SSSR count). The fraction of sp³-hybridized carbons (Fsp3) is 0.500. The monoisotopic (exact) mass is 243 g/mol. The van der Waals surface area contributed by atoms with Gasteiger partial charge in [0, 0.05) is 5.56 Å².